The van der Waals surface area contributed by atoms with Gasteiger partial charge in [0, 0.05) is 16.0 Å². The number of carbonyl (C=O) groups excluding carboxylic acids is 1. The molecule has 1 atom stereocenters. The maximum Gasteiger partial charge on any atom is 0.336 e. The number of aryl methyl sites for hydroxylation is 2. The Balaban J connectivity index is 2.28. The van der Waals surface area contributed by atoms with E-state index in [1.807, 2.05) is 32.0 Å². The van der Waals surface area contributed by atoms with E-state index in [-0.39, 0.29) is 5.03 Å². The van der Waals surface area contributed by atoms with Crippen molar-refractivity contribution in [3.8, 4) is 11.1 Å². The molecule has 2 aromatic carbocycles. The van der Waals surface area contributed by atoms with Gasteiger partial charge in [-0.15, -0.1) is 0 Å². The normalized spacial score (nSPS) is 12.7. The molecule has 8 heteroatoms. The Hall–Kier alpha value is -2.48. The van der Waals surface area contributed by atoms with E-state index in [2.05, 4.69) is 9.72 Å². The molecule has 0 amide bonds. The standard InChI is InChI=1S/C21H20ClNO5S/c1-12-9-13(2)20-16(15-7-5-6-8-17(15)22)11-19(23-18(20)10-12)29(25,26)28-14(3)21(24)27-4/h5-11,14H,1-4H3. The molecular weight excluding hydrogens is 414 g/mol. The van der Waals surface area contributed by atoms with Crippen molar-refractivity contribution in [2.75, 3.05) is 7.11 Å². The summed E-state index contributed by atoms with van der Waals surface area (Å²) < 4.78 is 35.2. The number of fused-ring (bicyclic) bond motifs is 1. The van der Waals surface area contributed by atoms with E-state index >= 15 is 0 Å². The minimum Gasteiger partial charge on any atom is -0.467 e. The number of aromatic nitrogens is 1. The van der Waals surface area contributed by atoms with Crippen molar-refractivity contribution >= 4 is 38.6 Å². The lowest BCUT2D eigenvalue weighted by Crippen LogP contribution is -2.26. The molecule has 0 fully saturated rings. The van der Waals surface area contributed by atoms with Crippen molar-refractivity contribution in [2.24, 2.45) is 0 Å². The van der Waals surface area contributed by atoms with Crippen LogP contribution in [-0.4, -0.2) is 32.6 Å². The van der Waals surface area contributed by atoms with Crippen LogP contribution >= 0.6 is 11.6 Å². The van der Waals surface area contributed by atoms with Crippen LogP contribution in [0.2, 0.25) is 5.02 Å². The SMILES string of the molecule is COC(=O)C(C)OS(=O)(=O)c1cc(-c2ccccc2Cl)c2c(C)cc(C)cc2n1. The Morgan fingerprint density at radius 1 is 1.10 bits per heavy atom. The highest BCUT2D eigenvalue weighted by Crippen LogP contribution is 2.36. The number of hydrogen-bond acceptors (Lipinski definition) is 6. The van der Waals surface area contributed by atoms with E-state index in [0.717, 1.165) is 23.6 Å². The Bertz CT molecular complexity index is 1210. The number of halogens is 1. The minimum atomic E-state index is -4.33. The first-order valence-electron chi connectivity index (χ1n) is 8.82. The largest absolute Gasteiger partial charge is 0.467 e. The maximum atomic E-state index is 12.8. The van der Waals surface area contributed by atoms with Gasteiger partial charge in [0.25, 0.3) is 0 Å². The Kier molecular flexibility index (Phi) is 5.93. The number of rotatable bonds is 5. The van der Waals surface area contributed by atoms with Crippen LogP contribution in [0.3, 0.4) is 0 Å². The molecule has 6 nitrogen and oxygen atoms in total. The number of hydrogen-bond donors (Lipinski definition) is 0. The third-order valence-electron chi connectivity index (χ3n) is 4.45. The van der Waals surface area contributed by atoms with Gasteiger partial charge in [-0.1, -0.05) is 35.9 Å². The fourth-order valence-electron chi connectivity index (χ4n) is 3.20. The lowest BCUT2D eigenvalue weighted by Gasteiger charge is -2.15. The fourth-order valence-corrected chi connectivity index (χ4v) is 4.46. The van der Waals surface area contributed by atoms with Crippen molar-refractivity contribution in [1.29, 1.82) is 0 Å². The van der Waals surface area contributed by atoms with Gasteiger partial charge in [-0.05, 0) is 55.7 Å². The molecule has 0 N–H and O–H groups in total. The highest BCUT2D eigenvalue weighted by Gasteiger charge is 2.27. The molecule has 0 spiro atoms. The van der Waals surface area contributed by atoms with Gasteiger partial charge in [-0.25, -0.2) is 9.78 Å². The zero-order chi connectivity index (χ0) is 21.3. The van der Waals surface area contributed by atoms with Crippen LogP contribution in [0.1, 0.15) is 18.1 Å². The van der Waals surface area contributed by atoms with Gasteiger partial charge in [-0.3, -0.25) is 4.18 Å². The first kappa shape index (κ1) is 21.2. The third-order valence-corrected chi connectivity index (χ3v) is 6.04. The van der Waals surface area contributed by atoms with Crippen LogP contribution in [0.15, 0.2) is 47.5 Å². The van der Waals surface area contributed by atoms with E-state index in [0.29, 0.717) is 21.7 Å². The van der Waals surface area contributed by atoms with E-state index in [4.69, 9.17) is 15.8 Å². The van der Waals surface area contributed by atoms with Crippen LogP contribution < -0.4 is 0 Å². The van der Waals surface area contributed by atoms with Gasteiger partial charge in [0.2, 0.25) is 0 Å². The fraction of sp³-hybridized carbons (Fsp3) is 0.238. The lowest BCUT2D eigenvalue weighted by molar-refractivity contribution is -0.147. The van der Waals surface area contributed by atoms with Gasteiger partial charge in [0.05, 0.1) is 12.6 Å². The molecule has 0 aliphatic carbocycles. The summed E-state index contributed by atoms with van der Waals surface area (Å²) in [6.45, 7) is 5.13. The van der Waals surface area contributed by atoms with Gasteiger partial charge in [0.1, 0.15) is 0 Å². The zero-order valence-electron chi connectivity index (χ0n) is 16.4. The molecule has 152 valence electrons. The molecule has 3 rings (SSSR count). The topological polar surface area (TPSA) is 82.6 Å². The van der Waals surface area contributed by atoms with Crippen LogP contribution in [0.4, 0.5) is 0 Å². The highest BCUT2D eigenvalue weighted by molar-refractivity contribution is 7.86. The van der Waals surface area contributed by atoms with Gasteiger partial charge in [-0.2, -0.15) is 8.42 Å². The third kappa shape index (κ3) is 4.27. The average molecular weight is 434 g/mol. The molecule has 0 saturated carbocycles. The predicted molar refractivity (Wildman–Crippen MR) is 111 cm³/mol. The molecule has 0 bridgehead atoms. The molecule has 0 saturated heterocycles. The number of methoxy groups -OCH3 is 1. The monoisotopic (exact) mass is 433 g/mol. The smallest absolute Gasteiger partial charge is 0.336 e. The van der Waals surface area contributed by atoms with Crippen molar-refractivity contribution in [2.45, 2.75) is 31.9 Å². The van der Waals surface area contributed by atoms with Gasteiger partial charge in [0.15, 0.2) is 11.1 Å². The second-order valence-electron chi connectivity index (χ2n) is 6.68. The van der Waals surface area contributed by atoms with Gasteiger partial charge >= 0.3 is 16.1 Å². The number of esters is 1. The average Bonchev–Trinajstić information content (AvgIpc) is 2.66. The van der Waals surface area contributed by atoms with E-state index in [1.165, 1.54) is 13.0 Å². The summed E-state index contributed by atoms with van der Waals surface area (Å²) in [5, 5.41) is 0.969. The molecule has 1 aromatic heterocycles. The number of nitrogens with zero attached hydrogens (tertiary/aromatic N) is 1. The van der Waals surface area contributed by atoms with Crippen molar-refractivity contribution in [1.82, 2.24) is 4.98 Å². The van der Waals surface area contributed by atoms with E-state index < -0.39 is 22.2 Å². The molecule has 0 aliphatic rings. The van der Waals surface area contributed by atoms with Crippen LogP contribution in [-0.2, 0) is 23.8 Å². The summed E-state index contributed by atoms with van der Waals surface area (Å²) in [7, 11) is -3.17. The molecule has 1 unspecified atom stereocenters. The summed E-state index contributed by atoms with van der Waals surface area (Å²) in [5.74, 6) is -0.799. The van der Waals surface area contributed by atoms with E-state index in [1.54, 1.807) is 18.2 Å². The maximum absolute atomic E-state index is 12.8. The zero-order valence-corrected chi connectivity index (χ0v) is 18.0. The number of carbonyl (C=O) groups is 1. The van der Waals surface area contributed by atoms with Gasteiger partial charge < -0.3 is 4.74 Å². The quantitative estimate of drug-likeness (QED) is 0.437. The second-order valence-corrected chi connectivity index (χ2v) is 8.61. The second kappa shape index (κ2) is 8.10. The molecule has 0 aliphatic heterocycles. The van der Waals surface area contributed by atoms with Crippen LogP contribution in [0.5, 0.6) is 0 Å². The van der Waals surface area contributed by atoms with Crippen LogP contribution in [0.25, 0.3) is 22.0 Å². The summed E-state index contributed by atoms with van der Waals surface area (Å²) in [6, 6.07) is 12.4. The summed E-state index contributed by atoms with van der Waals surface area (Å²) in [5.41, 5.74) is 3.66. The first-order valence-corrected chi connectivity index (χ1v) is 10.6. The Labute approximate surface area is 174 Å². The Morgan fingerprint density at radius 3 is 2.45 bits per heavy atom. The number of pyridine rings is 1. The summed E-state index contributed by atoms with van der Waals surface area (Å²) in [4.78, 5) is 15.9. The lowest BCUT2D eigenvalue weighted by atomic mass is 9.97. The minimum absolute atomic E-state index is 0.305. The Morgan fingerprint density at radius 2 is 1.79 bits per heavy atom. The number of benzene rings is 2. The summed E-state index contributed by atoms with van der Waals surface area (Å²) >= 11 is 6.39. The molecule has 0 radical (unpaired) electrons. The molecule has 3 aromatic rings. The van der Waals surface area contributed by atoms with Crippen molar-refractivity contribution in [3.63, 3.8) is 0 Å². The summed E-state index contributed by atoms with van der Waals surface area (Å²) in [6.07, 6.45) is -1.30. The highest BCUT2D eigenvalue weighted by atomic mass is 35.5. The first-order chi connectivity index (χ1) is 13.6. The predicted octanol–water partition coefficient (Wildman–Crippen LogP) is 4.44. The molecular formula is C21H20ClNO5S. The van der Waals surface area contributed by atoms with Crippen LogP contribution in [0, 0.1) is 13.8 Å². The van der Waals surface area contributed by atoms with Crippen molar-refractivity contribution < 1.29 is 22.1 Å². The van der Waals surface area contributed by atoms with Crippen molar-refractivity contribution in [3.05, 3.63) is 58.6 Å². The molecule has 29 heavy (non-hydrogen) atoms. The number of ether oxygens (including phenoxy) is 1. The molecule has 1 heterocycles. The van der Waals surface area contributed by atoms with E-state index in [9.17, 15) is 13.2 Å².